The number of amides is 1. The first kappa shape index (κ1) is 30.6. The average Bonchev–Trinajstić information content (AvgIpc) is 3.06. The molecule has 208 valence electrons. The number of halogens is 2. The number of nitrogens with zero attached hydrogens (tertiary/aromatic N) is 1. The number of rotatable bonds is 2. The molecule has 9 heteroatoms. The van der Waals surface area contributed by atoms with Crippen molar-refractivity contribution in [2.24, 2.45) is 28.6 Å². The average molecular weight is 574 g/mol. The van der Waals surface area contributed by atoms with E-state index in [2.05, 4.69) is 17.2 Å². The maximum Gasteiger partial charge on any atom is 0.223 e. The molecule has 1 saturated heterocycles. The molecule has 1 aliphatic heterocycles. The predicted molar refractivity (Wildman–Crippen MR) is 151 cm³/mol. The van der Waals surface area contributed by atoms with Gasteiger partial charge in [-0.05, 0) is 50.7 Å². The van der Waals surface area contributed by atoms with Crippen molar-refractivity contribution in [3.8, 4) is 0 Å². The summed E-state index contributed by atoms with van der Waals surface area (Å²) in [5.74, 6) is -1.42. The number of hydrogen-bond acceptors (Lipinski definition) is 6. The zero-order valence-electron chi connectivity index (χ0n) is 23.0. The number of carbonyl (C=O) groups excluding carboxylic acids is 2. The van der Waals surface area contributed by atoms with Crippen LogP contribution < -0.4 is 5.32 Å². The number of carbonyl (C=O) groups is 2. The summed E-state index contributed by atoms with van der Waals surface area (Å²) < 4.78 is -0.923. The second kappa shape index (κ2) is 11.2. The molecule has 1 unspecified atom stereocenters. The van der Waals surface area contributed by atoms with Crippen LogP contribution in [0.3, 0.4) is 0 Å². The number of alkyl halides is 2. The zero-order chi connectivity index (χ0) is 27.9. The van der Waals surface area contributed by atoms with Crippen LogP contribution in [-0.4, -0.2) is 49.5 Å². The van der Waals surface area contributed by atoms with E-state index in [0.717, 1.165) is 35.5 Å². The standard InChI is InChI=1S/C28H42Cl2N2O4S/c1-15-9-8-10-27(7)21(28(27,29)30)12-20(16(2)11-19-14-37-18(4)31-19)32-23(34)13-22(33)26(5,6)25(36)17(3)24(15)35/h11,14-15,17,20-22,24,33,35H,8-10,12-13H2,1-7H3,(H,32,34)/b16-11+/t15?,17-,20+,21+,22+,24+,27-/m1/s1. The van der Waals surface area contributed by atoms with E-state index < -0.39 is 27.9 Å². The van der Waals surface area contributed by atoms with Crippen molar-refractivity contribution in [2.75, 3.05) is 0 Å². The van der Waals surface area contributed by atoms with E-state index >= 15 is 0 Å². The van der Waals surface area contributed by atoms with Crippen LogP contribution in [0.4, 0.5) is 0 Å². The lowest BCUT2D eigenvalue weighted by molar-refractivity contribution is -0.143. The fraction of sp³-hybridized carbons (Fsp3) is 0.750. The first-order chi connectivity index (χ1) is 17.0. The summed E-state index contributed by atoms with van der Waals surface area (Å²) in [7, 11) is 0. The molecule has 3 rings (SSSR count). The molecule has 7 atom stereocenters. The molecule has 0 radical (unpaired) electrons. The fourth-order valence-electron chi connectivity index (χ4n) is 5.84. The van der Waals surface area contributed by atoms with E-state index in [1.54, 1.807) is 32.1 Å². The zero-order valence-corrected chi connectivity index (χ0v) is 25.3. The number of nitrogens with one attached hydrogen (secondary N) is 1. The van der Waals surface area contributed by atoms with E-state index in [0.29, 0.717) is 6.42 Å². The minimum atomic E-state index is -1.20. The number of ketones is 1. The van der Waals surface area contributed by atoms with Crippen LogP contribution in [0.2, 0.25) is 0 Å². The van der Waals surface area contributed by atoms with Crippen molar-refractivity contribution in [2.45, 2.75) is 103 Å². The van der Waals surface area contributed by atoms with Gasteiger partial charge in [0.25, 0.3) is 0 Å². The molecule has 2 heterocycles. The van der Waals surface area contributed by atoms with Crippen LogP contribution in [0.25, 0.3) is 6.08 Å². The Bertz CT molecular complexity index is 1040. The van der Waals surface area contributed by atoms with Crippen LogP contribution in [-0.2, 0) is 9.59 Å². The highest BCUT2D eigenvalue weighted by molar-refractivity contribution is 7.09. The Morgan fingerprint density at radius 3 is 2.46 bits per heavy atom. The molecule has 3 N–H and O–H groups in total. The van der Waals surface area contributed by atoms with Gasteiger partial charge in [-0.15, -0.1) is 34.5 Å². The maximum atomic E-state index is 13.3. The summed E-state index contributed by atoms with van der Waals surface area (Å²) in [4.78, 5) is 31.0. The highest BCUT2D eigenvalue weighted by atomic mass is 35.5. The summed E-state index contributed by atoms with van der Waals surface area (Å²) in [6, 6.07) is -0.350. The Hall–Kier alpha value is -0.990. The normalized spacial score (nSPS) is 37.5. The van der Waals surface area contributed by atoms with Gasteiger partial charge in [0.05, 0.1) is 40.8 Å². The summed E-state index contributed by atoms with van der Waals surface area (Å²) >= 11 is 15.2. The van der Waals surface area contributed by atoms with Gasteiger partial charge in [-0.3, -0.25) is 9.59 Å². The van der Waals surface area contributed by atoms with Gasteiger partial charge in [0.1, 0.15) is 10.1 Å². The second-order valence-corrected chi connectivity index (χ2v) is 14.5. The van der Waals surface area contributed by atoms with Crippen molar-refractivity contribution in [3.63, 3.8) is 0 Å². The van der Waals surface area contributed by atoms with Crippen LogP contribution in [0.15, 0.2) is 11.0 Å². The van der Waals surface area contributed by atoms with Crippen molar-refractivity contribution in [1.29, 1.82) is 0 Å². The molecule has 1 saturated carbocycles. The number of aromatic nitrogens is 1. The monoisotopic (exact) mass is 572 g/mol. The van der Waals surface area contributed by atoms with E-state index in [-0.39, 0.29) is 41.4 Å². The lowest BCUT2D eigenvalue weighted by Crippen LogP contribution is -2.47. The molecular formula is C28H42Cl2N2O4S. The van der Waals surface area contributed by atoms with Crippen LogP contribution in [0.1, 0.15) is 84.3 Å². The second-order valence-electron chi connectivity index (χ2n) is 12.1. The molecule has 1 aromatic rings. The topological polar surface area (TPSA) is 99.5 Å². The van der Waals surface area contributed by atoms with Gasteiger partial charge in [0.2, 0.25) is 5.91 Å². The highest BCUT2D eigenvalue weighted by Crippen LogP contribution is 2.72. The van der Waals surface area contributed by atoms with Gasteiger partial charge >= 0.3 is 0 Å². The first-order valence-electron chi connectivity index (χ1n) is 13.2. The maximum absolute atomic E-state index is 13.3. The molecule has 1 aromatic heterocycles. The molecule has 1 aliphatic carbocycles. The molecule has 2 aliphatic rings. The molecule has 0 spiro atoms. The number of Topliss-reactive ketones (excluding diaryl/α,β-unsaturated/α-hetero) is 1. The van der Waals surface area contributed by atoms with E-state index in [1.807, 2.05) is 32.2 Å². The molecule has 0 bridgehead atoms. The molecule has 6 nitrogen and oxygen atoms in total. The van der Waals surface area contributed by atoms with Crippen LogP contribution in [0, 0.1) is 35.5 Å². The number of hydrogen-bond donors (Lipinski definition) is 3. The third kappa shape index (κ3) is 6.27. The summed E-state index contributed by atoms with van der Waals surface area (Å²) in [6.45, 7) is 12.9. The summed E-state index contributed by atoms with van der Waals surface area (Å²) in [6.07, 6.45) is 2.57. The van der Waals surface area contributed by atoms with Gasteiger partial charge in [-0.25, -0.2) is 4.98 Å². The Labute approximate surface area is 235 Å². The minimum absolute atomic E-state index is 0.0378. The van der Waals surface area contributed by atoms with E-state index in [4.69, 9.17) is 23.2 Å². The third-order valence-electron chi connectivity index (χ3n) is 8.96. The lowest BCUT2D eigenvalue weighted by Gasteiger charge is -2.34. The number of aliphatic hydroxyl groups is 2. The molecule has 0 aromatic carbocycles. The van der Waals surface area contributed by atoms with Gasteiger partial charge in [0, 0.05) is 22.6 Å². The van der Waals surface area contributed by atoms with Gasteiger partial charge in [-0.2, -0.15) is 0 Å². The number of thiazole rings is 1. The molecule has 37 heavy (non-hydrogen) atoms. The van der Waals surface area contributed by atoms with Gasteiger partial charge in [-0.1, -0.05) is 41.0 Å². The fourth-order valence-corrected chi connectivity index (χ4v) is 7.42. The number of aliphatic hydroxyl groups excluding tert-OH is 2. The molecular weight excluding hydrogens is 531 g/mol. The van der Waals surface area contributed by atoms with Crippen molar-refractivity contribution >= 4 is 52.3 Å². The third-order valence-corrected chi connectivity index (χ3v) is 11.1. The molecule has 1 amide bonds. The molecule has 2 fully saturated rings. The summed E-state index contributed by atoms with van der Waals surface area (Å²) in [5, 5.41) is 27.9. The van der Waals surface area contributed by atoms with Crippen molar-refractivity contribution in [3.05, 3.63) is 21.7 Å². The van der Waals surface area contributed by atoms with Gasteiger partial charge < -0.3 is 15.5 Å². The Morgan fingerprint density at radius 2 is 1.86 bits per heavy atom. The van der Waals surface area contributed by atoms with Crippen molar-refractivity contribution < 1.29 is 19.8 Å². The lowest BCUT2D eigenvalue weighted by atomic mass is 9.72. The summed E-state index contributed by atoms with van der Waals surface area (Å²) in [5.41, 5.74) is 0.231. The number of aryl methyl sites for hydroxylation is 1. The highest BCUT2D eigenvalue weighted by Gasteiger charge is 2.72. The largest absolute Gasteiger partial charge is 0.392 e. The Kier molecular flexibility index (Phi) is 9.28. The van der Waals surface area contributed by atoms with Crippen LogP contribution >= 0.6 is 34.5 Å². The number of fused-ring (bicyclic) bond motifs is 1. The van der Waals surface area contributed by atoms with E-state index in [1.165, 1.54) is 0 Å². The Balaban J connectivity index is 1.93. The van der Waals surface area contributed by atoms with Gasteiger partial charge in [0.15, 0.2) is 0 Å². The first-order valence-corrected chi connectivity index (χ1v) is 14.8. The quantitative estimate of drug-likeness (QED) is 0.394. The predicted octanol–water partition coefficient (Wildman–Crippen LogP) is 5.70. The van der Waals surface area contributed by atoms with E-state index in [9.17, 15) is 19.8 Å². The minimum Gasteiger partial charge on any atom is -0.392 e. The SMILES string of the molecule is C/C(=C\c1csc(C)n1)[C@@H]1C[C@@H]2C(Cl)(Cl)[C@]2(C)CCCC(C)[C@H](O)[C@@H](C)C(=O)C(C)(C)[C@@H](O)CC(=O)N1. The van der Waals surface area contributed by atoms with Crippen molar-refractivity contribution in [1.82, 2.24) is 10.3 Å². The van der Waals surface area contributed by atoms with Crippen LogP contribution in [0.5, 0.6) is 0 Å². The smallest absolute Gasteiger partial charge is 0.223 e. The Morgan fingerprint density at radius 1 is 1.22 bits per heavy atom.